The standard InChI is InChI=1S/C73H124O6/c1-4-7-10-13-16-19-22-25-28-31-32-33-34-35-36-37-38-39-40-43-45-48-51-54-57-60-63-66-72(75)78-69-70(79-73(76)67-64-61-58-55-52-49-46-42-30-27-24-21-18-15-12-9-6-3)68-77-71(74)65-62-59-56-53-50-47-44-41-29-26-23-20-17-14-11-8-5-2/h7,9-10,12,16,18-19,21,25-30,32-33,46,49,70H,4-6,8,11,13-15,17,20,22-24,31,34-45,47-48,50-69H2,1-3H3/b10-7-,12-9-,19-16-,21-18-,28-25-,29-26-,30-27-,33-32-,49-46-. The molecular weight excluding hydrogens is 973 g/mol. The van der Waals surface area contributed by atoms with Gasteiger partial charge >= 0.3 is 17.9 Å². The molecule has 0 saturated carbocycles. The Balaban J connectivity index is 4.34. The van der Waals surface area contributed by atoms with E-state index in [1.165, 1.54) is 154 Å². The third-order valence-corrected chi connectivity index (χ3v) is 14.2. The highest BCUT2D eigenvalue weighted by Crippen LogP contribution is 2.16. The van der Waals surface area contributed by atoms with Crippen molar-refractivity contribution in [3.63, 3.8) is 0 Å². The normalized spacial score (nSPS) is 12.8. The fourth-order valence-corrected chi connectivity index (χ4v) is 9.30. The van der Waals surface area contributed by atoms with Crippen LogP contribution in [-0.4, -0.2) is 37.2 Å². The van der Waals surface area contributed by atoms with Crippen LogP contribution in [0.15, 0.2) is 109 Å². The van der Waals surface area contributed by atoms with E-state index >= 15 is 0 Å². The van der Waals surface area contributed by atoms with Crippen LogP contribution in [0.25, 0.3) is 0 Å². The topological polar surface area (TPSA) is 78.9 Å². The van der Waals surface area contributed by atoms with Crippen molar-refractivity contribution in [2.45, 2.75) is 322 Å². The lowest BCUT2D eigenvalue weighted by Crippen LogP contribution is -2.30. The smallest absolute Gasteiger partial charge is 0.306 e. The summed E-state index contributed by atoms with van der Waals surface area (Å²) in [5, 5.41) is 0. The molecule has 6 heteroatoms. The van der Waals surface area contributed by atoms with Gasteiger partial charge in [-0.2, -0.15) is 0 Å². The van der Waals surface area contributed by atoms with Gasteiger partial charge in [0, 0.05) is 19.3 Å². The monoisotopic (exact) mass is 1100 g/mol. The summed E-state index contributed by atoms with van der Waals surface area (Å²) in [5.74, 6) is -0.907. The molecule has 0 fully saturated rings. The second kappa shape index (κ2) is 66.6. The molecule has 1 atom stereocenters. The van der Waals surface area contributed by atoms with E-state index in [0.29, 0.717) is 19.3 Å². The minimum atomic E-state index is -0.795. The van der Waals surface area contributed by atoms with Crippen molar-refractivity contribution in [1.82, 2.24) is 0 Å². The van der Waals surface area contributed by atoms with E-state index in [9.17, 15) is 14.4 Å². The second-order valence-corrected chi connectivity index (χ2v) is 22.0. The minimum absolute atomic E-state index is 0.0890. The van der Waals surface area contributed by atoms with Gasteiger partial charge in [-0.1, -0.05) is 284 Å². The second-order valence-electron chi connectivity index (χ2n) is 22.0. The van der Waals surface area contributed by atoms with Crippen LogP contribution < -0.4 is 0 Å². The van der Waals surface area contributed by atoms with Gasteiger partial charge in [0.2, 0.25) is 0 Å². The maximum absolute atomic E-state index is 12.9. The van der Waals surface area contributed by atoms with Crippen LogP contribution >= 0.6 is 0 Å². The third kappa shape index (κ3) is 64.8. The summed E-state index contributed by atoms with van der Waals surface area (Å²) in [5.41, 5.74) is 0. The first-order chi connectivity index (χ1) is 39.0. The van der Waals surface area contributed by atoms with Crippen molar-refractivity contribution in [2.24, 2.45) is 0 Å². The lowest BCUT2D eigenvalue weighted by molar-refractivity contribution is -0.167. The van der Waals surface area contributed by atoms with Crippen LogP contribution in [0.5, 0.6) is 0 Å². The fourth-order valence-electron chi connectivity index (χ4n) is 9.30. The molecule has 0 amide bonds. The average Bonchev–Trinajstić information content (AvgIpc) is 3.45. The average molecular weight is 1100 g/mol. The minimum Gasteiger partial charge on any atom is -0.462 e. The van der Waals surface area contributed by atoms with Crippen molar-refractivity contribution in [3.05, 3.63) is 109 Å². The first-order valence-corrected chi connectivity index (χ1v) is 33.4. The highest BCUT2D eigenvalue weighted by molar-refractivity contribution is 5.71. The van der Waals surface area contributed by atoms with E-state index in [-0.39, 0.29) is 31.1 Å². The maximum atomic E-state index is 12.9. The van der Waals surface area contributed by atoms with E-state index < -0.39 is 6.10 Å². The number of allylic oxidation sites excluding steroid dienone is 18. The number of carbonyl (C=O) groups excluding carboxylic acids is 3. The molecule has 0 heterocycles. The van der Waals surface area contributed by atoms with Gasteiger partial charge in [-0.25, -0.2) is 0 Å². The Morgan fingerprint density at radius 1 is 0.266 bits per heavy atom. The van der Waals surface area contributed by atoms with Crippen molar-refractivity contribution in [3.8, 4) is 0 Å². The molecule has 0 aromatic heterocycles. The molecule has 0 spiro atoms. The summed E-state index contributed by atoms with van der Waals surface area (Å²) in [4.78, 5) is 38.4. The summed E-state index contributed by atoms with van der Waals surface area (Å²) in [6.45, 7) is 6.42. The summed E-state index contributed by atoms with van der Waals surface area (Å²) in [6, 6.07) is 0. The van der Waals surface area contributed by atoms with Gasteiger partial charge in [-0.05, 0) is 122 Å². The van der Waals surface area contributed by atoms with E-state index in [2.05, 4.69) is 130 Å². The van der Waals surface area contributed by atoms with Gasteiger partial charge in [0.15, 0.2) is 6.10 Å². The largest absolute Gasteiger partial charge is 0.462 e. The first-order valence-electron chi connectivity index (χ1n) is 33.4. The Kier molecular flexibility index (Phi) is 63.3. The van der Waals surface area contributed by atoms with Crippen LogP contribution in [0.2, 0.25) is 0 Å². The fraction of sp³-hybridized carbons (Fsp3) is 0.712. The molecule has 0 bridgehead atoms. The zero-order valence-electron chi connectivity index (χ0n) is 51.9. The highest BCUT2D eigenvalue weighted by Gasteiger charge is 2.19. The van der Waals surface area contributed by atoms with Crippen molar-refractivity contribution in [2.75, 3.05) is 13.2 Å². The van der Waals surface area contributed by atoms with Gasteiger partial charge in [-0.3, -0.25) is 14.4 Å². The van der Waals surface area contributed by atoms with Crippen LogP contribution in [0.1, 0.15) is 316 Å². The van der Waals surface area contributed by atoms with Crippen LogP contribution in [-0.2, 0) is 28.6 Å². The molecule has 1 unspecified atom stereocenters. The van der Waals surface area contributed by atoms with Gasteiger partial charge in [0.05, 0.1) is 0 Å². The van der Waals surface area contributed by atoms with E-state index in [1.54, 1.807) is 0 Å². The van der Waals surface area contributed by atoms with E-state index in [1.807, 2.05) is 0 Å². The van der Waals surface area contributed by atoms with Crippen LogP contribution in [0.3, 0.4) is 0 Å². The Morgan fingerprint density at radius 2 is 0.494 bits per heavy atom. The number of hydrogen-bond donors (Lipinski definition) is 0. The summed E-state index contributed by atoms with van der Waals surface area (Å²) < 4.78 is 16.9. The summed E-state index contributed by atoms with van der Waals surface area (Å²) in [6.07, 6.45) is 91.0. The molecule has 0 saturated heterocycles. The van der Waals surface area contributed by atoms with Crippen molar-refractivity contribution < 1.29 is 28.6 Å². The van der Waals surface area contributed by atoms with Gasteiger partial charge < -0.3 is 14.2 Å². The van der Waals surface area contributed by atoms with Crippen LogP contribution in [0, 0.1) is 0 Å². The molecule has 0 aromatic rings. The molecular formula is C73H124O6. The molecule has 79 heavy (non-hydrogen) atoms. The first kappa shape index (κ1) is 75.1. The Hall–Kier alpha value is -3.93. The molecule has 0 aliphatic heterocycles. The molecule has 6 nitrogen and oxygen atoms in total. The zero-order chi connectivity index (χ0) is 57.1. The number of unbranched alkanes of at least 4 members (excludes halogenated alkanes) is 31. The SMILES string of the molecule is CC/C=C\C/C=C\C/C=C\C/C=C\CCCCCCCCCCCCCCCCC(=O)OCC(COC(=O)CCCCCCCCC/C=C\CCCCCCCC)OC(=O)CCCCCC/C=C\C/C=C\C/C=C\C/C=C\CC. The summed E-state index contributed by atoms with van der Waals surface area (Å²) >= 11 is 0. The Bertz CT molecular complexity index is 1590. The number of esters is 3. The van der Waals surface area contributed by atoms with Gasteiger partial charge in [0.1, 0.15) is 13.2 Å². The molecule has 0 aliphatic carbocycles. The maximum Gasteiger partial charge on any atom is 0.306 e. The summed E-state index contributed by atoms with van der Waals surface area (Å²) in [7, 11) is 0. The molecule has 0 aromatic carbocycles. The van der Waals surface area contributed by atoms with E-state index in [4.69, 9.17) is 14.2 Å². The number of ether oxygens (including phenoxy) is 3. The van der Waals surface area contributed by atoms with Crippen molar-refractivity contribution in [1.29, 1.82) is 0 Å². The van der Waals surface area contributed by atoms with Gasteiger partial charge in [0.25, 0.3) is 0 Å². The quantitative estimate of drug-likeness (QED) is 0.0261. The Labute approximate surface area is 489 Å². The lowest BCUT2D eigenvalue weighted by Gasteiger charge is -2.18. The predicted molar refractivity (Wildman–Crippen MR) is 343 cm³/mol. The van der Waals surface area contributed by atoms with Crippen molar-refractivity contribution >= 4 is 17.9 Å². The molecule has 0 aliphatic rings. The molecule has 0 rings (SSSR count). The predicted octanol–water partition coefficient (Wildman–Crippen LogP) is 23.0. The number of hydrogen-bond acceptors (Lipinski definition) is 6. The molecule has 0 radical (unpaired) electrons. The molecule has 452 valence electrons. The van der Waals surface area contributed by atoms with Gasteiger partial charge in [-0.15, -0.1) is 0 Å². The third-order valence-electron chi connectivity index (χ3n) is 14.2. The number of rotatable bonds is 60. The van der Waals surface area contributed by atoms with Crippen LogP contribution in [0.4, 0.5) is 0 Å². The van der Waals surface area contributed by atoms with E-state index in [0.717, 1.165) is 122 Å². The zero-order valence-corrected chi connectivity index (χ0v) is 51.9. The molecule has 0 N–H and O–H groups in total. The lowest BCUT2D eigenvalue weighted by atomic mass is 10.0. The highest BCUT2D eigenvalue weighted by atomic mass is 16.6. The number of carbonyl (C=O) groups is 3. The Morgan fingerprint density at radius 3 is 0.785 bits per heavy atom.